The molecule has 3 N–H and O–H groups in total. The van der Waals surface area contributed by atoms with Crippen LogP contribution in [0.1, 0.15) is 70.1 Å². The first-order valence-electron chi connectivity index (χ1n) is 19.3. The van der Waals surface area contributed by atoms with Crippen LogP contribution in [0.15, 0.2) is 66.9 Å². The van der Waals surface area contributed by atoms with Crippen molar-refractivity contribution in [3.05, 3.63) is 106 Å². The van der Waals surface area contributed by atoms with Crippen LogP contribution in [0, 0.1) is 0 Å². The zero-order valence-electron chi connectivity index (χ0n) is 31.9. The highest BCUT2D eigenvalue weighted by Gasteiger charge is 2.23. The number of pyridine rings is 2. The largest absolute Gasteiger partial charge is 0.381 e. The van der Waals surface area contributed by atoms with Gasteiger partial charge < -0.3 is 25.6 Å². The molecular formula is C42H50ClN9O3. The van der Waals surface area contributed by atoms with Crippen LogP contribution in [0.2, 0.25) is 5.02 Å². The van der Waals surface area contributed by atoms with Gasteiger partial charge in [0.2, 0.25) is 0 Å². The average Bonchev–Trinajstić information content (AvgIpc) is 3.64. The number of carbonyl (C=O) groups is 2. The Balaban J connectivity index is 1.01. The number of ether oxygens (including phenoxy) is 1. The van der Waals surface area contributed by atoms with E-state index in [2.05, 4.69) is 74.1 Å². The van der Waals surface area contributed by atoms with Gasteiger partial charge in [0.1, 0.15) is 11.4 Å². The molecule has 0 bridgehead atoms. The van der Waals surface area contributed by atoms with Gasteiger partial charge >= 0.3 is 0 Å². The number of halogens is 1. The number of anilines is 1. The second-order valence-electron chi connectivity index (χ2n) is 14.4. The molecule has 2 aliphatic rings. The molecule has 5 aromatic rings. The van der Waals surface area contributed by atoms with Gasteiger partial charge in [0, 0.05) is 93.5 Å². The standard InChI is InChI=1S/C42H50ClN9O3/c1-4-36-33(39(47-31-14-20-55-21-15-31)34-26-46-52(5-2)40(34)49-36)25-45-42(54)38-11-7-10-37(48-38)41(53)44-24-28-12-13-35(43)32(23-28)30-9-6-8-29(22-30)27-51-18-16-50(3)17-19-51/h6-13,22-23,26,31H,4-5,14-21,24-25,27H2,1-3H3,(H,44,53)(H,45,54)(H,47,49). The van der Waals surface area contributed by atoms with E-state index in [9.17, 15) is 9.59 Å². The van der Waals surface area contributed by atoms with Gasteiger partial charge in [-0.2, -0.15) is 5.10 Å². The third kappa shape index (κ3) is 9.16. The summed E-state index contributed by atoms with van der Waals surface area (Å²) < 4.78 is 7.49. The smallest absolute Gasteiger partial charge is 0.270 e. The normalized spacial score (nSPS) is 15.6. The maximum Gasteiger partial charge on any atom is 0.270 e. The number of aryl methyl sites for hydroxylation is 2. The SMILES string of the molecule is CCc1nc2c(cnn2CC)c(NC2CCOCC2)c1CNC(=O)c1cccc(C(=O)NCc2ccc(Cl)c(-c3cccc(CN4CCN(C)CC4)c3)c2)n1. The summed E-state index contributed by atoms with van der Waals surface area (Å²) in [7, 11) is 2.16. The number of hydrogen-bond acceptors (Lipinski definition) is 9. The van der Waals surface area contributed by atoms with Crippen LogP contribution in [0.5, 0.6) is 0 Å². The Morgan fingerprint density at radius 1 is 0.873 bits per heavy atom. The number of benzene rings is 2. The fourth-order valence-electron chi connectivity index (χ4n) is 7.33. The van der Waals surface area contributed by atoms with E-state index in [0.29, 0.717) is 31.2 Å². The molecular weight excluding hydrogens is 714 g/mol. The van der Waals surface area contributed by atoms with E-state index >= 15 is 0 Å². The fourth-order valence-corrected chi connectivity index (χ4v) is 7.55. The summed E-state index contributed by atoms with van der Waals surface area (Å²) in [5.41, 5.74) is 7.98. The number of rotatable bonds is 13. The third-order valence-electron chi connectivity index (χ3n) is 10.5. The fraction of sp³-hybridized carbons (Fsp3) is 0.405. The van der Waals surface area contributed by atoms with E-state index in [-0.39, 0.29) is 42.3 Å². The Morgan fingerprint density at radius 2 is 1.60 bits per heavy atom. The molecule has 7 rings (SSSR count). The molecule has 2 fully saturated rings. The zero-order valence-corrected chi connectivity index (χ0v) is 32.7. The molecule has 12 nitrogen and oxygen atoms in total. The number of hydrogen-bond donors (Lipinski definition) is 3. The molecule has 0 saturated carbocycles. The molecule has 0 aliphatic carbocycles. The van der Waals surface area contributed by atoms with Crippen molar-refractivity contribution in [1.29, 1.82) is 0 Å². The molecule has 0 atom stereocenters. The number of nitrogens with one attached hydrogen (secondary N) is 3. The van der Waals surface area contributed by atoms with Crippen molar-refractivity contribution < 1.29 is 14.3 Å². The van der Waals surface area contributed by atoms with E-state index in [1.54, 1.807) is 18.2 Å². The van der Waals surface area contributed by atoms with E-state index in [4.69, 9.17) is 21.3 Å². The third-order valence-corrected chi connectivity index (χ3v) is 10.9. The molecule has 13 heteroatoms. The first kappa shape index (κ1) is 38.4. The van der Waals surface area contributed by atoms with Crippen LogP contribution in [0.4, 0.5) is 5.69 Å². The first-order chi connectivity index (χ1) is 26.8. The average molecular weight is 764 g/mol. The molecule has 55 heavy (non-hydrogen) atoms. The van der Waals surface area contributed by atoms with E-state index in [1.807, 2.05) is 36.0 Å². The summed E-state index contributed by atoms with van der Waals surface area (Å²) in [6.45, 7) is 11.9. The molecule has 288 valence electrons. The summed E-state index contributed by atoms with van der Waals surface area (Å²) in [6.07, 6.45) is 4.32. The van der Waals surface area contributed by atoms with Crippen LogP contribution < -0.4 is 16.0 Å². The minimum Gasteiger partial charge on any atom is -0.381 e. The number of likely N-dealkylation sites (N-methyl/N-ethyl adjacent to an activating group) is 1. The topological polar surface area (TPSA) is 130 Å². The Kier molecular flexibility index (Phi) is 12.4. The van der Waals surface area contributed by atoms with Gasteiger partial charge in [-0.1, -0.05) is 48.9 Å². The number of carbonyl (C=O) groups excluding carboxylic acids is 2. The molecule has 0 unspecified atom stereocenters. The Bertz CT molecular complexity index is 2140. The molecule has 2 aromatic carbocycles. The van der Waals surface area contributed by atoms with Crippen molar-refractivity contribution in [2.45, 2.75) is 65.3 Å². The van der Waals surface area contributed by atoms with Crippen LogP contribution in [0.3, 0.4) is 0 Å². The summed E-state index contributed by atoms with van der Waals surface area (Å²) in [5, 5.41) is 15.9. The number of nitrogens with zero attached hydrogens (tertiary/aromatic N) is 6. The predicted octanol–water partition coefficient (Wildman–Crippen LogP) is 5.93. The lowest BCUT2D eigenvalue weighted by Gasteiger charge is -2.32. The summed E-state index contributed by atoms with van der Waals surface area (Å²) in [6, 6.07) is 19.4. The number of fused-ring (bicyclic) bond motifs is 1. The summed E-state index contributed by atoms with van der Waals surface area (Å²) in [5.74, 6) is -0.755. The maximum absolute atomic E-state index is 13.5. The molecule has 0 spiro atoms. The van der Waals surface area contributed by atoms with Crippen molar-refractivity contribution in [3.8, 4) is 11.1 Å². The number of amides is 2. The molecule has 5 heterocycles. The molecule has 0 radical (unpaired) electrons. The van der Waals surface area contributed by atoms with Crippen molar-refractivity contribution in [3.63, 3.8) is 0 Å². The van der Waals surface area contributed by atoms with Gasteiger partial charge in [0.25, 0.3) is 11.8 Å². The van der Waals surface area contributed by atoms with Crippen LogP contribution in [0.25, 0.3) is 22.2 Å². The minimum absolute atomic E-state index is 0.155. The molecule has 2 saturated heterocycles. The lowest BCUT2D eigenvalue weighted by Crippen LogP contribution is -2.43. The highest BCUT2D eigenvalue weighted by molar-refractivity contribution is 6.33. The van der Waals surface area contributed by atoms with Crippen molar-refractivity contribution >= 4 is 40.1 Å². The number of piperazine rings is 1. The Hall–Kier alpha value is -4.88. The molecule has 2 aliphatic heterocycles. The van der Waals surface area contributed by atoms with Gasteiger partial charge in [0.15, 0.2) is 5.65 Å². The van der Waals surface area contributed by atoms with E-state index in [1.165, 1.54) is 5.56 Å². The Labute approximate surface area is 327 Å². The summed E-state index contributed by atoms with van der Waals surface area (Å²) in [4.78, 5) is 41.1. The van der Waals surface area contributed by atoms with Gasteiger partial charge in [-0.15, -0.1) is 0 Å². The predicted molar refractivity (Wildman–Crippen MR) is 216 cm³/mol. The van der Waals surface area contributed by atoms with Crippen LogP contribution >= 0.6 is 11.6 Å². The lowest BCUT2D eigenvalue weighted by atomic mass is 10.0. The summed E-state index contributed by atoms with van der Waals surface area (Å²) >= 11 is 6.70. The quantitative estimate of drug-likeness (QED) is 0.134. The van der Waals surface area contributed by atoms with Gasteiger partial charge in [-0.3, -0.25) is 14.5 Å². The number of aromatic nitrogens is 4. The van der Waals surface area contributed by atoms with Crippen LogP contribution in [-0.4, -0.2) is 93.8 Å². The van der Waals surface area contributed by atoms with Crippen molar-refractivity contribution in [1.82, 2.24) is 40.2 Å². The Morgan fingerprint density at radius 3 is 2.33 bits per heavy atom. The van der Waals surface area contributed by atoms with Gasteiger partial charge in [-0.05, 0) is 80.3 Å². The molecule has 2 amide bonds. The first-order valence-corrected chi connectivity index (χ1v) is 19.7. The second kappa shape index (κ2) is 17.7. The maximum atomic E-state index is 13.5. The molecule has 3 aromatic heterocycles. The van der Waals surface area contributed by atoms with Gasteiger partial charge in [-0.25, -0.2) is 14.6 Å². The van der Waals surface area contributed by atoms with Crippen LogP contribution in [-0.2, 0) is 37.3 Å². The minimum atomic E-state index is -0.379. The highest BCUT2D eigenvalue weighted by Crippen LogP contribution is 2.32. The van der Waals surface area contributed by atoms with Gasteiger partial charge in [0.05, 0.1) is 17.3 Å². The van der Waals surface area contributed by atoms with E-state index < -0.39 is 0 Å². The second-order valence-corrected chi connectivity index (χ2v) is 14.8. The van der Waals surface area contributed by atoms with Crippen molar-refractivity contribution in [2.24, 2.45) is 0 Å². The lowest BCUT2D eigenvalue weighted by molar-refractivity contribution is 0.0904. The highest BCUT2D eigenvalue weighted by atomic mass is 35.5. The van der Waals surface area contributed by atoms with Crippen molar-refractivity contribution in [2.75, 3.05) is 51.8 Å². The van der Waals surface area contributed by atoms with E-state index in [0.717, 1.165) is 90.2 Å². The monoisotopic (exact) mass is 763 g/mol. The zero-order chi connectivity index (χ0) is 38.3.